The molecule has 0 bridgehead atoms. The molecule has 0 N–H and O–H groups in total. The fraction of sp³-hybridized carbons (Fsp3) is 0. The highest BCUT2D eigenvalue weighted by Gasteiger charge is 2.05. The quantitative estimate of drug-likeness (QED) is 0.723. The van der Waals surface area contributed by atoms with E-state index in [0.717, 1.165) is 16.9 Å². The van der Waals surface area contributed by atoms with E-state index in [0.29, 0.717) is 15.7 Å². The van der Waals surface area contributed by atoms with Gasteiger partial charge in [-0.3, -0.25) is 4.79 Å². The number of aromatic nitrogens is 3. The molecule has 0 atom stereocenters. The summed E-state index contributed by atoms with van der Waals surface area (Å²) < 4.78 is 1.47. The molecule has 3 rings (SSSR count). The monoisotopic (exact) mass is 323 g/mol. The number of nitrogens with zero attached hydrogens (tertiary/aromatic N) is 3. The van der Waals surface area contributed by atoms with Gasteiger partial charge in [0.15, 0.2) is 0 Å². The van der Waals surface area contributed by atoms with Crippen molar-refractivity contribution in [2.75, 3.05) is 0 Å². The minimum Gasteiger partial charge on any atom is -0.267 e. The Labute approximate surface area is 127 Å². The van der Waals surface area contributed by atoms with E-state index in [1.807, 2.05) is 18.2 Å². The van der Waals surface area contributed by atoms with Crippen LogP contribution >= 0.6 is 34.5 Å². The molecule has 2 aromatic heterocycles. The molecule has 4 nitrogen and oxygen atoms in total. The van der Waals surface area contributed by atoms with Crippen molar-refractivity contribution in [3.8, 4) is 0 Å². The first-order valence-electron chi connectivity index (χ1n) is 5.62. The van der Waals surface area contributed by atoms with Crippen molar-refractivity contribution < 1.29 is 0 Å². The van der Waals surface area contributed by atoms with E-state index in [2.05, 4.69) is 10.1 Å². The van der Waals surface area contributed by atoms with Crippen molar-refractivity contribution in [3.05, 3.63) is 61.4 Å². The Morgan fingerprint density at radius 3 is 2.65 bits per heavy atom. The zero-order chi connectivity index (χ0) is 14.1. The van der Waals surface area contributed by atoms with Crippen LogP contribution in [0.3, 0.4) is 0 Å². The minimum atomic E-state index is -0.256. The second kappa shape index (κ2) is 5.36. The van der Waals surface area contributed by atoms with Gasteiger partial charge in [0.2, 0.25) is 9.43 Å². The lowest BCUT2D eigenvalue weighted by molar-refractivity contribution is 0.897. The van der Waals surface area contributed by atoms with Crippen LogP contribution in [-0.4, -0.2) is 14.6 Å². The third kappa shape index (κ3) is 2.75. The predicted molar refractivity (Wildman–Crippen MR) is 82.5 cm³/mol. The Bertz CT molecular complexity index is 852. The molecule has 20 heavy (non-hydrogen) atoms. The Kier molecular flexibility index (Phi) is 3.56. The number of fused-ring (bicyclic) bond motifs is 1. The Morgan fingerprint density at radius 2 is 1.90 bits per heavy atom. The van der Waals surface area contributed by atoms with E-state index in [1.54, 1.807) is 18.2 Å². The summed E-state index contributed by atoms with van der Waals surface area (Å²) in [6, 6.07) is 8.78. The third-order valence-corrected chi connectivity index (χ3v) is 3.81. The summed E-state index contributed by atoms with van der Waals surface area (Å²) in [5.74, 6) is 0. The maximum Gasteiger partial charge on any atom is 0.275 e. The topological polar surface area (TPSA) is 47.3 Å². The highest BCUT2D eigenvalue weighted by molar-refractivity contribution is 7.20. The number of hydrogen-bond acceptors (Lipinski definition) is 4. The van der Waals surface area contributed by atoms with Gasteiger partial charge in [-0.05, 0) is 35.4 Å². The van der Waals surface area contributed by atoms with E-state index in [4.69, 9.17) is 23.2 Å². The molecule has 0 spiro atoms. The average Bonchev–Trinajstić information content (AvgIpc) is 2.79. The molecule has 0 aliphatic carbocycles. The Hall–Kier alpha value is -1.69. The van der Waals surface area contributed by atoms with Gasteiger partial charge in [-0.15, -0.1) is 5.10 Å². The van der Waals surface area contributed by atoms with Crippen molar-refractivity contribution in [2.45, 2.75) is 0 Å². The predicted octanol–water partition coefficient (Wildman–Crippen LogP) is 3.63. The van der Waals surface area contributed by atoms with Gasteiger partial charge in [0.05, 0.1) is 5.69 Å². The molecule has 0 aliphatic rings. The Balaban J connectivity index is 1.98. The molecular weight excluding hydrogens is 317 g/mol. The first-order valence-corrected chi connectivity index (χ1v) is 7.19. The summed E-state index contributed by atoms with van der Waals surface area (Å²) in [7, 11) is 0. The summed E-state index contributed by atoms with van der Waals surface area (Å²) in [5.41, 5.74) is 1.28. The number of benzene rings is 1. The van der Waals surface area contributed by atoms with Crippen LogP contribution in [0.15, 0.2) is 35.1 Å². The van der Waals surface area contributed by atoms with Gasteiger partial charge in [0.25, 0.3) is 5.56 Å². The maximum absolute atomic E-state index is 11.8. The molecule has 1 aromatic carbocycles. The second-order valence-electron chi connectivity index (χ2n) is 3.95. The molecule has 0 saturated heterocycles. The van der Waals surface area contributed by atoms with Crippen LogP contribution in [0.5, 0.6) is 0 Å². The molecule has 0 saturated carbocycles. The van der Waals surface area contributed by atoms with Gasteiger partial charge in [0, 0.05) is 11.1 Å². The molecule has 2 heterocycles. The van der Waals surface area contributed by atoms with Crippen LogP contribution in [0.25, 0.3) is 17.1 Å². The van der Waals surface area contributed by atoms with Crippen LogP contribution in [0.2, 0.25) is 9.49 Å². The lowest BCUT2D eigenvalue weighted by Gasteiger charge is -1.95. The highest BCUT2D eigenvalue weighted by Crippen LogP contribution is 2.17. The van der Waals surface area contributed by atoms with Gasteiger partial charge in [-0.1, -0.05) is 41.1 Å². The molecule has 3 aromatic rings. The number of halogens is 2. The zero-order valence-electron chi connectivity index (χ0n) is 9.96. The summed E-state index contributed by atoms with van der Waals surface area (Å²) in [5, 5.41) is 4.55. The largest absolute Gasteiger partial charge is 0.275 e. The lowest BCUT2D eigenvalue weighted by Crippen LogP contribution is -2.14. The van der Waals surface area contributed by atoms with Crippen LogP contribution in [0.1, 0.15) is 11.3 Å². The zero-order valence-corrected chi connectivity index (χ0v) is 12.3. The first kappa shape index (κ1) is 13.3. The molecule has 0 amide bonds. The van der Waals surface area contributed by atoms with Gasteiger partial charge in [-0.2, -0.15) is 4.52 Å². The van der Waals surface area contributed by atoms with E-state index < -0.39 is 0 Å². The fourth-order valence-electron chi connectivity index (χ4n) is 1.65. The summed E-state index contributed by atoms with van der Waals surface area (Å²) in [4.78, 5) is 16.6. The van der Waals surface area contributed by atoms with Crippen LogP contribution in [-0.2, 0) is 0 Å². The van der Waals surface area contributed by atoms with Crippen LogP contribution in [0.4, 0.5) is 0 Å². The van der Waals surface area contributed by atoms with E-state index in [-0.39, 0.29) is 10.0 Å². The van der Waals surface area contributed by atoms with Crippen LogP contribution in [0, 0.1) is 0 Å². The second-order valence-corrected chi connectivity index (χ2v) is 5.93. The molecular formula is C13H7Cl2N3OS. The first-order chi connectivity index (χ1) is 9.61. The number of rotatable bonds is 2. The Morgan fingerprint density at radius 1 is 1.15 bits per heavy atom. The van der Waals surface area contributed by atoms with Crippen molar-refractivity contribution in [2.24, 2.45) is 0 Å². The molecule has 0 unspecified atom stereocenters. The molecule has 0 fully saturated rings. The summed E-state index contributed by atoms with van der Waals surface area (Å²) in [6.45, 7) is 0. The van der Waals surface area contributed by atoms with Crippen LogP contribution < -0.4 is 5.56 Å². The SMILES string of the molecule is O=c1cc(C=Cc2ccc(Cl)cc2)nc2sc(Cl)nn12. The van der Waals surface area contributed by atoms with Crippen molar-refractivity contribution >= 4 is 51.7 Å². The van der Waals surface area contributed by atoms with Crippen molar-refractivity contribution in [1.29, 1.82) is 0 Å². The molecule has 7 heteroatoms. The van der Waals surface area contributed by atoms with Gasteiger partial charge in [0.1, 0.15) is 0 Å². The van der Waals surface area contributed by atoms with Crippen molar-refractivity contribution in [1.82, 2.24) is 14.6 Å². The lowest BCUT2D eigenvalue weighted by atomic mass is 10.2. The average molecular weight is 324 g/mol. The maximum atomic E-state index is 11.8. The van der Waals surface area contributed by atoms with E-state index in [1.165, 1.54) is 10.6 Å². The van der Waals surface area contributed by atoms with Gasteiger partial charge in [-0.25, -0.2) is 4.98 Å². The van der Waals surface area contributed by atoms with Gasteiger partial charge < -0.3 is 0 Å². The number of hydrogen-bond donors (Lipinski definition) is 0. The normalized spacial score (nSPS) is 11.5. The molecule has 100 valence electrons. The molecule has 0 aliphatic heterocycles. The van der Waals surface area contributed by atoms with E-state index in [9.17, 15) is 4.79 Å². The van der Waals surface area contributed by atoms with Gasteiger partial charge >= 0.3 is 0 Å². The summed E-state index contributed by atoms with van der Waals surface area (Å²) in [6.07, 6.45) is 3.62. The standard InChI is InChI=1S/C13H7Cl2N3OS/c14-9-4-1-8(2-5-9)3-6-10-7-11(19)18-13(16-10)20-12(15)17-18/h1-7H. The van der Waals surface area contributed by atoms with Crippen molar-refractivity contribution in [3.63, 3.8) is 0 Å². The molecule has 0 radical (unpaired) electrons. The minimum absolute atomic E-state index is 0.256. The summed E-state index contributed by atoms with van der Waals surface area (Å²) >= 11 is 12.7. The third-order valence-electron chi connectivity index (χ3n) is 2.56. The fourth-order valence-corrected chi connectivity index (χ4v) is 2.70. The smallest absolute Gasteiger partial charge is 0.267 e. The highest BCUT2D eigenvalue weighted by atomic mass is 35.5. The van der Waals surface area contributed by atoms with E-state index >= 15 is 0 Å².